The van der Waals surface area contributed by atoms with Gasteiger partial charge in [-0.3, -0.25) is 9.59 Å². The first kappa shape index (κ1) is 17.1. The molecule has 0 bridgehead atoms. The standard InChI is InChI=1S/C19H23N3O3/c1-15-3-2-4-17(11-15)25-14-19(24)22-9-7-21(8-10-22)18(23)12-16-5-6-20-13-16/h2-6,11,13,20H,7-10,12,14H2,1H3. The Kier molecular flexibility index (Phi) is 5.38. The first-order chi connectivity index (χ1) is 12.1. The van der Waals surface area contributed by atoms with Crippen molar-refractivity contribution < 1.29 is 14.3 Å². The van der Waals surface area contributed by atoms with E-state index in [1.165, 1.54) is 0 Å². The molecule has 25 heavy (non-hydrogen) atoms. The van der Waals surface area contributed by atoms with Crippen LogP contribution in [0.3, 0.4) is 0 Å². The van der Waals surface area contributed by atoms with E-state index < -0.39 is 0 Å². The summed E-state index contributed by atoms with van der Waals surface area (Å²) in [6, 6.07) is 9.55. The number of ether oxygens (including phenoxy) is 1. The Morgan fingerprint density at radius 1 is 1.08 bits per heavy atom. The molecule has 0 atom stereocenters. The predicted octanol–water partition coefficient (Wildman–Crippen LogP) is 1.62. The number of hydrogen-bond donors (Lipinski definition) is 1. The fraction of sp³-hybridized carbons (Fsp3) is 0.368. The zero-order valence-electron chi connectivity index (χ0n) is 14.4. The quantitative estimate of drug-likeness (QED) is 0.899. The minimum Gasteiger partial charge on any atom is -0.484 e. The number of nitrogens with one attached hydrogen (secondary N) is 1. The third kappa shape index (κ3) is 4.62. The largest absolute Gasteiger partial charge is 0.484 e. The molecular formula is C19H23N3O3. The summed E-state index contributed by atoms with van der Waals surface area (Å²) in [5.41, 5.74) is 2.08. The van der Waals surface area contributed by atoms with E-state index in [1.54, 1.807) is 4.90 Å². The number of H-pyrrole nitrogens is 1. The van der Waals surface area contributed by atoms with Crippen LogP contribution in [0.1, 0.15) is 11.1 Å². The molecule has 132 valence electrons. The molecule has 1 aliphatic rings. The third-order valence-electron chi connectivity index (χ3n) is 4.35. The Bertz CT molecular complexity index is 719. The molecule has 0 spiro atoms. The van der Waals surface area contributed by atoms with E-state index in [4.69, 9.17) is 4.74 Å². The molecule has 1 aromatic carbocycles. The number of carbonyl (C=O) groups excluding carboxylic acids is 2. The second-order valence-corrected chi connectivity index (χ2v) is 6.26. The zero-order chi connectivity index (χ0) is 17.6. The van der Waals surface area contributed by atoms with Gasteiger partial charge in [0, 0.05) is 38.6 Å². The monoisotopic (exact) mass is 341 g/mol. The Labute approximate surface area is 147 Å². The van der Waals surface area contributed by atoms with Crippen LogP contribution in [0.4, 0.5) is 0 Å². The molecule has 0 aliphatic carbocycles. The summed E-state index contributed by atoms with van der Waals surface area (Å²) in [4.78, 5) is 31.1. The van der Waals surface area contributed by atoms with Crippen molar-refractivity contribution >= 4 is 11.8 Å². The number of aromatic amines is 1. The second kappa shape index (κ2) is 7.88. The van der Waals surface area contributed by atoms with Crippen molar-refractivity contribution in [3.63, 3.8) is 0 Å². The molecule has 0 radical (unpaired) electrons. The number of hydrogen-bond acceptors (Lipinski definition) is 3. The summed E-state index contributed by atoms with van der Waals surface area (Å²) in [6.07, 6.45) is 4.04. The van der Waals surface area contributed by atoms with Crippen LogP contribution in [0.2, 0.25) is 0 Å². The molecule has 0 saturated carbocycles. The van der Waals surface area contributed by atoms with Crippen LogP contribution in [0, 0.1) is 6.92 Å². The van der Waals surface area contributed by atoms with Gasteiger partial charge in [0.15, 0.2) is 6.61 Å². The van der Waals surface area contributed by atoms with Crippen LogP contribution in [0.25, 0.3) is 0 Å². The molecule has 1 saturated heterocycles. The summed E-state index contributed by atoms with van der Waals surface area (Å²) in [5, 5.41) is 0. The van der Waals surface area contributed by atoms with Gasteiger partial charge in [-0.25, -0.2) is 0 Å². The predicted molar refractivity (Wildman–Crippen MR) is 94.3 cm³/mol. The van der Waals surface area contributed by atoms with Gasteiger partial charge < -0.3 is 19.5 Å². The van der Waals surface area contributed by atoms with Crippen molar-refractivity contribution in [1.82, 2.24) is 14.8 Å². The first-order valence-electron chi connectivity index (χ1n) is 8.48. The summed E-state index contributed by atoms with van der Waals surface area (Å²) >= 11 is 0. The highest BCUT2D eigenvalue weighted by atomic mass is 16.5. The van der Waals surface area contributed by atoms with Crippen LogP contribution in [-0.2, 0) is 16.0 Å². The van der Waals surface area contributed by atoms with Crippen molar-refractivity contribution in [3.05, 3.63) is 53.9 Å². The number of benzene rings is 1. The van der Waals surface area contributed by atoms with Gasteiger partial charge in [0.25, 0.3) is 5.91 Å². The molecule has 3 rings (SSSR count). The van der Waals surface area contributed by atoms with Crippen LogP contribution < -0.4 is 4.74 Å². The maximum absolute atomic E-state index is 12.3. The summed E-state index contributed by atoms with van der Waals surface area (Å²) in [5.74, 6) is 0.760. The number of aromatic nitrogens is 1. The average molecular weight is 341 g/mol. The van der Waals surface area contributed by atoms with Gasteiger partial charge in [-0.15, -0.1) is 0 Å². The highest BCUT2D eigenvalue weighted by Crippen LogP contribution is 2.13. The smallest absolute Gasteiger partial charge is 0.260 e. The highest BCUT2D eigenvalue weighted by molar-refractivity contribution is 5.80. The van der Waals surface area contributed by atoms with Crippen LogP contribution >= 0.6 is 0 Å². The Hall–Kier alpha value is -2.76. The fourth-order valence-corrected chi connectivity index (χ4v) is 2.90. The van der Waals surface area contributed by atoms with Gasteiger partial charge in [0.2, 0.25) is 5.91 Å². The number of amides is 2. The lowest BCUT2D eigenvalue weighted by atomic mass is 10.2. The normalized spacial score (nSPS) is 14.4. The molecule has 1 fully saturated rings. The summed E-state index contributed by atoms with van der Waals surface area (Å²) in [7, 11) is 0. The molecule has 2 heterocycles. The molecule has 1 aliphatic heterocycles. The number of piperazine rings is 1. The van der Waals surface area contributed by atoms with Crippen LogP contribution in [0.15, 0.2) is 42.7 Å². The van der Waals surface area contributed by atoms with E-state index in [0.29, 0.717) is 38.3 Å². The van der Waals surface area contributed by atoms with Crippen LogP contribution in [-0.4, -0.2) is 59.4 Å². The lowest BCUT2D eigenvalue weighted by Gasteiger charge is -2.34. The van der Waals surface area contributed by atoms with Crippen molar-refractivity contribution in [2.45, 2.75) is 13.3 Å². The highest BCUT2D eigenvalue weighted by Gasteiger charge is 2.24. The Morgan fingerprint density at radius 2 is 1.80 bits per heavy atom. The number of nitrogens with zero attached hydrogens (tertiary/aromatic N) is 2. The summed E-state index contributed by atoms with van der Waals surface area (Å²) < 4.78 is 5.57. The van der Waals surface area contributed by atoms with Crippen LogP contribution in [0.5, 0.6) is 5.75 Å². The molecule has 1 aromatic heterocycles. The molecule has 2 aromatic rings. The van der Waals surface area contributed by atoms with Gasteiger partial charge >= 0.3 is 0 Å². The van der Waals surface area contributed by atoms with Gasteiger partial charge in [0.05, 0.1) is 6.42 Å². The lowest BCUT2D eigenvalue weighted by molar-refractivity contribution is -0.140. The van der Waals surface area contributed by atoms with E-state index in [0.717, 1.165) is 11.1 Å². The molecule has 0 unspecified atom stereocenters. The topological polar surface area (TPSA) is 65.6 Å². The maximum atomic E-state index is 12.3. The second-order valence-electron chi connectivity index (χ2n) is 6.26. The van der Waals surface area contributed by atoms with E-state index in [1.807, 2.05) is 54.5 Å². The van der Waals surface area contributed by atoms with Crippen molar-refractivity contribution in [2.24, 2.45) is 0 Å². The number of rotatable bonds is 5. The molecule has 1 N–H and O–H groups in total. The van der Waals surface area contributed by atoms with Crippen molar-refractivity contribution in [1.29, 1.82) is 0 Å². The third-order valence-corrected chi connectivity index (χ3v) is 4.35. The minimum atomic E-state index is -0.0424. The molecule has 2 amide bonds. The van der Waals surface area contributed by atoms with Crippen molar-refractivity contribution in [3.8, 4) is 5.75 Å². The zero-order valence-corrected chi connectivity index (χ0v) is 14.4. The van der Waals surface area contributed by atoms with E-state index >= 15 is 0 Å². The van der Waals surface area contributed by atoms with E-state index in [-0.39, 0.29) is 18.4 Å². The minimum absolute atomic E-state index is 0.0285. The Balaban J connectivity index is 1.43. The van der Waals surface area contributed by atoms with E-state index in [2.05, 4.69) is 4.98 Å². The number of carbonyl (C=O) groups is 2. The first-order valence-corrected chi connectivity index (χ1v) is 8.48. The maximum Gasteiger partial charge on any atom is 0.260 e. The molecule has 6 nitrogen and oxygen atoms in total. The Morgan fingerprint density at radius 3 is 2.44 bits per heavy atom. The van der Waals surface area contributed by atoms with Gasteiger partial charge in [-0.2, -0.15) is 0 Å². The molecule has 6 heteroatoms. The fourth-order valence-electron chi connectivity index (χ4n) is 2.90. The van der Waals surface area contributed by atoms with Crippen molar-refractivity contribution in [2.75, 3.05) is 32.8 Å². The summed E-state index contributed by atoms with van der Waals surface area (Å²) in [6.45, 7) is 4.25. The SMILES string of the molecule is Cc1cccc(OCC(=O)N2CCN(C(=O)Cc3cc[nH]c3)CC2)c1. The van der Waals surface area contributed by atoms with E-state index in [9.17, 15) is 9.59 Å². The van der Waals surface area contributed by atoms with Gasteiger partial charge in [0.1, 0.15) is 5.75 Å². The van der Waals surface area contributed by atoms with Gasteiger partial charge in [-0.1, -0.05) is 12.1 Å². The average Bonchev–Trinajstić information content (AvgIpc) is 3.13. The number of aryl methyl sites for hydroxylation is 1. The lowest BCUT2D eigenvalue weighted by Crippen LogP contribution is -2.52. The molecular weight excluding hydrogens is 318 g/mol. The van der Waals surface area contributed by atoms with Gasteiger partial charge in [-0.05, 0) is 36.2 Å².